The molecule has 0 spiro atoms. The summed E-state index contributed by atoms with van der Waals surface area (Å²) in [5, 5.41) is 3.33. The highest BCUT2D eigenvalue weighted by Gasteiger charge is 2.12. The fourth-order valence-electron chi connectivity index (χ4n) is 2.61. The van der Waals surface area contributed by atoms with E-state index in [2.05, 4.69) is 10.1 Å². The first kappa shape index (κ1) is 14.1. The van der Waals surface area contributed by atoms with Crippen molar-refractivity contribution in [3.05, 3.63) is 24.3 Å². The van der Waals surface area contributed by atoms with E-state index in [9.17, 15) is 8.78 Å². The largest absolute Gasteiger partial charge is 0.435 e. The molecule has 106 valence electrons. The van der Waals surface area contributed by atoms with E-state index >= 15 is 0 Å². The van der Waals surface area contributed by atoms with Crippen molar-refractivity contribution in [3.63, 3.8) is 0 Å². The van der Waals surface area contributed by atoms with Crippen molar-refractivity contribution in [2.24, 2.45) is 5.92 Å². The second kappa shape index (κ2) is 7.31. The molecule has 1 aliphatic carbocycles. The average molecular weight is 269 g/mol. The van der Waals surface area contributed by atoms with Crippen LogP contribution in [0.1, 0.15) is 38.5 Å². The van der Waals surface area contributed by atoms with E-state index in [0.717, 1.165) is 12.2 Å². The van der Waals surface area contributed by atoms with E-state index in [0.29, 0.717) is 5.92 Å². The highest BCUT2D eigenvalue weighted by molar-refractivity contribution is 5.48. The van der Waals surface area contributed by atoms with Crippen LogP contribution in [0.3, 0.4) is 0 Å². The first-order chi connectivity index (χ1) is 9.24. The summed E-state index contributed by atoms with van der Waals surface area (Å²) in [7, 11) is 0. The van der Waals surface area contributed by atoms with Gasteiger partial charge in [0, 0.05) is 18.3 Å². The predicted molar refractivity (Wildman–Crippen MR) is 72.8 cm³/mol. The lowest BCUT2D eigenvalue weighted by Crippen LogP contribution is -2.13. The Morgan fingerprint density at radius 1 is 1.16 bits per heavy atom. The first-order valence-corrected chi connectivity index (χ1v) is 7.03. The highest BCUT2D eigenvalue weighted by Crippen LogP contribution is 2.24. The summed E-state index contributed by atoms with van der Waals surface area (Å²) in [6, 6.07) is 6.79. The van der Waals surface area contributed by atoms with Crippen molar-refractivity contribution in [2.45, 2.75) is 45.1 Å². The molecule has 0 aromatic heterocycles. The number of anilines is 1. The van der Waals surface area contributed by atoms with Crippen molar-refractivity contribution >= 4 is 5.69 Å². The van der Waals surface area contributed by atoms with Gasteiger partial charge in [0.15, 0.2) is 0 Å². The molecule has 1 aliphatic rings. The van der Waals surface area contributed by atoms with Crippen LogP contribution in [0.5, 0.6) is 5.75 Å². The van der Waals surface area contributed by atoms with Gasteiger partial charge in [0.1, 0.15) is 5.75 Å². The Bertz CT molecular complexity index is 376. The normalized spacial score (nSPS) is 17.2. The van der Waals surface area contributed by atoms with Crippen LogP contribution in [0.4, 0.5) is 14.5 Å². The Morgan fingerprint density at radius 3 is 2.58 bits per heavy atom. The first-order valence-electron chi connectivity index (χ1n) is 7.03. The van der Waals surface area contributed by atoms with Crippen molar-refractivity contribution in [1.82, 2.24) is 0 Å². The van der Waals surface area contributed by atoms with Crippen LogP contribution in [0, 0.1) is 5.92 Å². The van der Waals surface area contributed by atoms with Crippen LogP contribution >= 0.6 is 0 Å². The number of hydrogen-bond donors (Lipinski definition) is 1. The molecule has 1 aromatic carbocycles. The number of nitrogens with one attached hydrogen (secondary N) is 1. The van der Waals surface area contributed by atoms with E-state index in [4.69, 9.17) is 0 Å². The van der Waals surface area contributed by atoms with Gasteiger partial charge in [0.25, 0.3) is 0 Å². The van der Waals surface area contributed by atoms with Gasteiger partial charge in [-0.25, -0.2) is 0 Å². The summed E-state index contributed by atoms with van der Waals surface area (Å²) in [5.41, 5.74) is 0.849. The van der Waals surface area contributed by atoms with Crippen molar-refractivity contribution in [1.29, 1.82) is 0 Å². The maximum Gasteiger partial charge on any atom is 0.387 e. The molecular weight excluding hydrogens is 248 g/mol. The number of benzene rings is 1. The Hall–Kier alpha value is -1.32. The molecule has 0 atom stereocenters. The Morgan fingerprint density at radius 2 is 1.89 bits per heavy atom. The molecule has 0 aliphatic heterocycles. The maximum atomic E-state index is 12.1. The van der Waals surface area contributed by atoms with Crippen LogP contribution in [0.25, 0.3) is 0 Å². The van der Waals surface area contributed by atoms with Crippen LogP contribution < -0.4 is 10.1 Å². The SMILES string of the molecule is FC(F)Oc1cccc(NCC2CCCCCC2)c1. The molecule has 1 N–H and O–H groups in total. The molecule has 0 unspecified atom stereocenters. The number of ether oxygens (including phenoxy) is 1. The third-order valence-corrected chi connectivity index (χ3v) is 3.63. The molecule has 0 heterocycles. The van der Waals surface area contributed by atoms with Gasteiger partial charge in [-0.1, -0.05) is 31.7 Å². The predicted octanol–water partition coefficient (Wildman–Crippen LogP) is 4.67. The summed E-state index contributed by atoms with van der Waals surface area (Å²) < 4.78 is 28.7. The molecule has 1 fully saturated rings. The zero-order valence-electron chi connectivity index (χ0n) is 11.1. The van der Waals surface area contributed by atoms with Crippen molar-refractivity contribution < 1.29 is 13.5 Å². The number of alkyl halides is 2. The van der Waals surface area contributed by atoms with Gasteiger partial charge in [-0.3, -0.25) is 0 Å². The van der Waals surface area contributed by atoms with Crippen LogP contribution in [0.2, 0.25) is 0 Å². The van der Waals surface area contributed by atoms with Gasteiger partial charge < -0.3 is 10.1 Å². The minimum atomic E-state index is -2.77. The van der Waals surface area contributed by atoms with Gasteiger partial charge in [-0.15, -0.1) is 0 Å². The molecule has 19 heavy (non-hydrogen) atoms. The van der Waals surface area contributed by atoms with Gasteiger partial charge in [0.05, 0.1) is 0 Å². The quantitative estimate of drug-likeness (QED) is 0.784. The van der Waals surface area contributed by atoms with E-state index in [1.54, 1.807) is 18.2 Å². The third kappa shape index (κ3) is 5.05. The minimum Gasteiger partial charge on any atom is -0.435 e. The lowest BCUT2D eigenvalue weighted by molar-refractivity contribution is -0.0498. The second-order valence-corrected chi connectivity index (χ2v) is 5.14. The molecular formula is C15H21F2NO. The van der Waals surface area contributed by atoms with Crippen molar-refractivity contribution in [3.8, 4) is 5.75 Å². The standard InChI is InChI=1S/C15H21F2NO/c16-15(17)19-14-9-5-8-13(10-14)18-11-12-6-3-1-2-4-7-12/h5,8-10,12,15,18H,1-4,6-7,11H2. The van der Waals surface area contributed by atoms with Gasteiger partial charge in [-0.2, -0.15) is 8.78 Å². The summed E-state index contributed by atoms with van der Waals surface area (Å²) in [6.07, 6.45) is 7.82. The average Bonchev–Trinajstić information content (AvgIpc) is 2.64. The van der Waals surface area contributed by atoms with Crippen LogP contribution in [-0.4, -0.2) is 13.2 Å². The van der Waals surface area contributed by atoms with E-state index < -0.39 is 6.61 Å². The molecule has 0 bridgehead atoms. The van der Waals surface area contributed by atoms with E-state index in [1.807, 2.05) is 6.07 Å². The molecule has 2 rings (SSSR count). The summed E-state index contributed by atoms with van der Waals surface area (Å²) in [5.74, 6) is 0.906. The molecule has 0 amide bonds. The molecule has 4 heteroatoms. The smallest absolute Gasteiger partial charge is 0.387 e. The van der Waals surface area contributed by atoms with Gasteiger partial charge in [0.2, 0.25) is 0 Å². The minimum absolute atomic E-state index is 0.209. The van der Waals surface area contributed by atoms with Crippen LogP contribution in [0.15, 0.2) is 24.3 Å². The summed E-state index contributed by atoms with van der Waals surface area (Å²) in [4.78, 5) is 0. The molecule has 1 aromatic rings. The lowest BCUT2D eigenvalue weighted by atomic mass is 10.0. The Balaban J connectivity index is 1.84. The molecule has 1 saturated carbocycles. The zero-order chi connectivity index (χ0) is 13.5. The summed E-state index contributed by atoms with van der Waals surface area (Å²) in [6.45, 7) is -1.85. The highest BCUT2D eigenvalue weighted by atomic mass is 19.3. The van der Waals surface area contributed by atoms with E-state index in [-0.39, 0.29) is 5.75 Å². The molecule has 2 nitrogen and oxygen atoms in total. The Kier molecular flexibility index (Phi) is 5.43. The topological polar surface area (TPSA) is 21.3 Å². The van der Waals surface area contributed by atoms with Gasteiger partial charge >= 0.3 is 6.61 Å². The molecule has 0 radical (unpaired) electrons. The Labute approximate surface area is 113 Å². The third-order valence-electron chi connectivity index (χ3n) is 3.63. The zero-order valence-corrected chi connectivity index (χ0v) is 11.1. The fourth-order valence-corrected chi connectivity index (χ4v) is 2.61. The number of hydrogen-bond acceptors (Lipinski definition) is 2. The molecule has 0 saturated heterocycles. The number of halogens is 2. The second-order valence-electron chi connectivity index (χ2n) is 5.14. The maximum absolute atomic E-state index is 12.1. The van der Waals surface area contributed by atoms with E-state index in [1.165, 1.54) is 38.5 Å². The van der Waals surface area contributed by atoms with Crippen molar-refractivity contribution in [2.75, 3.05) is 11.9 Å². The fraction of sp³-hybridized carbons (Fsp3) is 0.600. The summed E-state index contributed by atoms with van der Waals surface area (Å²) >= 11 is 0. The van der Waals surface area contributed by atoms with Crippen LogP contribution in [-0.2, 0) is 0 Å². The lowest BCUT2D eigenvalue weighted by Gasteiger charge is -2.16. The van der Waals surface area contributed by atoms with Gasteiger partial charge in [-0.05, 0) is 30.9 Å². The monoisotopic (exact) mass is 269 g/mol. The number of rotatable bonds is 5.